The molecule has 0 fully saturated rings. The summed E-state index contributed by atoms with van der Waals surface area (Å²) < 4.78 is 0. The number of nitrogens with two attached hydrogens (primary N) is 1. The minimum absolute atomic E-state index is 0.0454. The van der Waals surface area contributed by atoms with Crippen LogP contribution in [0, 0.1) is 5.41 Å². The fourth-order valence-corrected chi connectivity index (χ4v) is 3.68. The molecule has 38 heavy (non-hydrogen) atoms. The zero-order chi connectivity index (χ0) is 29.5. The van der Waals surface area contributed by atoms with E-state index in [4.69, 9.17) is 10.8 Å². The van der Waals surface area contributed by atoms with Gasteiger partial charge < -0.3 is 30.7 Å². The maximum atomic E-state index is 13.2. The second-order valence-corrected chi connectivity index (χ2v) is 10.5. The molecule has 0 radical (unpaired) electrons. The van der Waals surface area contributed by atoms with Crippen molar-refractivity contribution in [2.75, 3.05) is 19.9 Å². The zero-order valence-electron chi connectivity index (χ0n) is 24.3. The molecule has 3 atom stereocenters. The van der Waals surface area contributed by atoms with Crippen LogP contribution in [-0.4, -0.2) is 66.4 Å². The Morgan fingerprint density at radius 3 is 2.29 bits per heavy atom. The number of unbranched alkanes of at least 4 members (excludes halogenated alkanes) is 2. The van der Waals surface area contributed by atoms with Crippen LogP contribution in [-0.2, 0) is 25.6 Å². The maximum absolute atomic E-state index is 13.2. The summed E-state index contributed by atoms with van der Waals surface area (Å²) in [6, 6.07) is 4.06. The molecule has 0 aromatic heterocycles. The van der Waals surface area contributed by atoms with Crippen LogP contribution in [0.1, 0.15) is 89.6 Å². The van der Waals surface area contributed by atoms with Crippen LogP contribution in [0.5, 0.6) is 0 Å². The van der Waals surface area contributed by atoms with E-state index in [-0.39, 0.29) is 24.3 Å². The SMILES string of the molecule is CCCCC[C@H](C)N(C)C(=O)C(NC(=O)c1ccc(N)c(CC)c1)C(C)(C)C.CON[C@H](C=O)CC(=O)O. The molecule has 0 saturated heterocycles. The van der Waals surface area contributed by atoms with Crippen molar-refractivity contribution in [2.45, 2.75) is 98.2 Å². The van der Waals surface area contributed by atoms with Crippen molar-refractivity contribution in [3.05, 3.63) is 29.3 Å². The number of aldehydes is 1. The maximum Gasteiger partial charge on any atom is 0.305 e. The van der Waals surface area contributed by atoms with Gasteiger partial charge in [0, 0.05) is 24.3 Å². The summed E-state index contributed by atoms with van der Waals surface area (Å²) in [7, 11) is 3.15. The lowest BCUT2D eigenvalue weighted by molar-refractivity contribution is -0.139. The molecule has 0 aliphatic carbocycles. The number of nitrogens with zero attached hydrogens (tertiary/aromatic N) is 1. The van der Waals surface area contributed by atoms with Crippen LogP contribution in [0.4, 0.5) is 5.69 Å². The first-order valence-corrected chi connectivity index (χ1v) is 13.1. The van der Waals surface area contributed by atoms with Crippen molar-refractivity contribution in [3.8, 4) is 0 Å². The molecule has 1 rings (SSSR count). The lowest BCUT2D eigenvalue weighted by Gasteiger charge is -2.36. The Hall–Kier alpha value is -2.98. The number of carbonyl (C=O) groups excluding carboxylic acids is 3. The number of aliphatic carboxylic acids is 1. The summed E-state index contributed by atoms with van der Waals surface area (Å²) in [6.07, 6.45) is 5.38. The molecule has 10 nitrogen and oxygen atoms in total. The molecule has 2 amide bonds. The first-order chi connectivity index (χ1) is 17.7. The van der Waals surface area contributed by atoms with E-state index < -0.39 is 23.5 Å². The third kappa shape index (κ3) is 12.5. The van der Waals surface area contributed by atoms with Gasteiger partial charge in [-0.05, 0) is 48.9 Å². The first kappa shape index (κ1) is 35.0. The van der Waals surface area contributed by atoms with Crippen molar-refractivity contribution in [2.24, 2.45) is 5.41 Å². The molecule has 216 valence electrons. The second kappa shape index (κ2) is 17.5. The van der Waals surface area contributed by atoms with Crippen LogP contribution >= 0.6 is 0 Å². The Morgan fingerprint density at radius 1 is 1.18 bits per heavy atom. The third-order valence-electron chi connectivity index (χ3n) is 6.24. The van der Waals surface area contributed by atoms with Crippen molar-refractivity contribution >= 4 is 29.8 Å². The predicted octanol–water partition coefficient (Wildman–Crippen LogP) is 3.58. The topological polar surface area (TPSA) is 151 Å². The monoisotopic (exact) mass is 536 g/mol. The van der Waals surface area contributed by atoms with Gasteiger partial charge in [0.05, 0.1) is 19.6 Å². The van der Waals surface area contributed by atoms with Crippen molar-refractivity contribution in [1.82, 2.24) is 15.7 Å². The Labute approximate surface area is 227 Å². The number of rotatable bonds is 14. The Kier molecular flexibility index (Phi) is 16.1. The second-order valence-electron chi connectivity index (χ2n) is 10.5. The number of hydrogen-bond donors (Lipinski definition) is 4. The molecular formula is C28H48N4O6. The number of carboxylic acids is 1. The van der Waals surface area contributed by atoms with Crippen LogP contribution in [0.25, 0.3) is 0 Å². The fourth-order valence-electron chi connectivity index (χ4n) is 3.68. The third-order valence-corrected chi connectivity index (χ3v) is 6.24. The van der Waals surface area contributed by atoms with Crippen molar-refractivity contribution < 1.29 is 29.1 Å². The van der Waals surface area contributed by atoms with E-state index in [0.29, 0.717) is 17.5 Å². The van der Waals surface area contributed by atoms with Gasteiger partial charge in [0.1, 0.15) is 12.3 Å². The molecule has 1 unspecified atom stereocenters. The van der Waals surface area contributed by atoms with Gasteiger partial charge in [0.2, 0.25) is 5.91 Å². The number of likely N-dealkylation sites (N-methyl/N-ethyl adjacent to an activating group) is 1. The highest BCUT2D eigenvalue weighted by molar-refractivity contribution is 5.98. The number of carbonyl (C=O) groups is 4. The molecule has 0 saturated carbocycles. The summed E-state index contributed by atoms with van der Waals surface area (Å²) >= 11 is 0. The summed E-state index contributed by atoms with van der Waals surface area (Å²) in [5.41, 5.74) is 9.92. The lowest BCUT2D eigenvalue weighted by Crippen LogP contribution is -2.55. The lowest BCUT2D eigenvalue weighted by atomic mass is 9.85. The first-order valence-electron chi connectivity index (χ1n) is 13.1. The average Bonchev–Trinajstić information content (AvgIpc) is 2.85. The van der Waals surface area contributed by atoms with Crippen LogP contribution < -0.4 is 16.5 Å². The largest absolute Gasteiger partial charge is 0.481 e. The van der Waals surface area contributed by atoms with Crippen molar-refractivity contribution in [3.63, 3.8) is 0 Å². The van der Waals surface area contributed by atoms with Gasteiger partial charge in [-0.15, -0.1) is 0 Å². The number of nitrogens with one attached hydrogen (secondary N) is 2. The molecule has 0 heterocycles. The zero-order valence-corrected chi connectivity index (χ0v) is 24.3. The Balaban J connectivity index is 0.00000115. The normalized spacial score (nSPS) is 13.4. The summed E-state index contributed by atoms with van der Waals surface area (Å²) in [4.78, 5) is 52.2. The van der Waals surface area contributed by atoms with E-state index in [9.17, 15) is 19.2 Å². The number of hydroxylamine groups is 1. The predicted molar refractivity (Wildman–Crippen MR) is 150 cm³/mol. The molecular weight excluding hydrogens is 488 g/mol. The van der Waals surface area contributed by atoms with Crippen LogP contribution in [0.15, 0.2) is 18.2 Å². The standard InChI is InChI=1S/C23H39N3O2.C5H9NO4/c1-8-10-11-12-16(3)26(7)22(28)20(23(4,5)6)25-21(27)18-13-14-19(24)17(9-2)15-18;1-10-6-4(3-7)2-5(8)9/h13-16,20H,8-12,24H2,1-7H3,(H,25,27);3-4,6H,2H2,1H3,(H,8,9)/t16-,20?;4-/m00/s1. The highest BCUT2D eigenvalue weighted by Gasteiger charge is 2.36. The molecule has 1 aromatic carbocycles. The van der Waals surface area contributed by atoms with Gasteiger partial charge in [-0.25, -0.2) is 0 Å². The van der Waals surface area contributed by atoms with E-state index in [1.807, 2.05) is 40.8 Å². The fraction of sp³-hybridized carbons (Fsp3) is 0.643. The Morgan fingerprint density at radius 2 is 1.82 bits per heavy atom. The molecule has 5 N–H and O–H groups in total. The number of aryl methyl sites for hydroxylation is 1. The summed E-state index contributed by atoms with van der Waals surface area (Å²) in [5, 5.41) is 11.2. The minimum atomic E-state index is -1.04. The number of anilines is 1. The Bertz CT molecular complexity index is 900. The smallest absolute Gasteiger partial charge is 0.305 e. The van der Waals surface area contributed by atoms with E-state index in [0.717, 1.165) is 31.2 Å². The number of benzene rings is 1. The molecule has 10 heteroatoms. The molecule has 0 aliphatic rings. The highest BCUT2D eigenvalue weighted by Crippen LogP contribution is 2.23. The quantitative estimate of drug-likeness (QED) is 0.122. The highest BCUT2D eigenvalue weighted by atomic mass is 16.6. The number of nitrogen functional groups attached to an aromatic ring is 1. The molecule has 1 aromatic rings. The molecule has 0 bridgehead atoms. The summed E-state index contributed by atoms with van der Waals surface area (Å²) in [5.74, 6) is -1.33. The molecule has 0 spiro atoms. The molecule has 0 aliphatic heterocycles. The number of carboxylic acid groups (broad SMARTS) is 1. The van der Waals surface area contributed by atoms with Gasteiger partial charge >= 0.3 is 5.97 Å². The van der Waals surface area contributed by atoms with Crippen LogP contribution in [0.3, 0.4) is 0 Å². The summed E-state index contributed by atoms with van der Waals surface area (Å²) in [6.45, 7) is 12.2. The van der Waals surface area contributed by atoms with Crippen LogP contribution in [0.2, 0.25) is 0 Å². The van der Waals surface area contributed by atoms with E-state index in [1.54, 1.807) is 17.0 Å². The van der Waals surface area contributed by atoms with Gasteiger partial charge in [0.25, 0.3) is 5.91 Å². The van der Waals surface area contributed by atoms with Gasteiger partial charge in [0.15, 0.2) is 0 Å². The number of hydrogen-bond acceptors (Lipinski definition) is 7. The van der Waals surface area contributed by atoms with Crippen molar-refractivity contribution in [1.29, 1.82) is 0 Å². The van der Waals surface area contributed by atoms with Gasteiger partial charge in [-0.2, -0.15) is 5.48 Å². The number of amides is 2. The van der Waals surface area contributed by atoms with E-state index in [1.165, 1.54) is 13.5 Å². The van der Waals surface area contributed by atoms with Gasteiger partial charge in [-0.1, -0.05) is 53.9 Å². The minimum Gasteiger partial charge on any atom is -0.481 e. The average molecular weight is 537 g/mol. The van der Waals surface area contributed by atoms with E-state index in [2.05, 4.69) is 29.5 Å². The van der Waals surface area contributed by atoms with Gasteiger partial charge in [-0.3, -0.25) is 14.4 Å². The van der Waals surface area contributed by atoms with E-state index >= 15 is 0 Å².